The van der Waals surface area contributed by atoms with E-state index in [-0.39, 0.29) is 102 Å². The predicted molar refractivity (Wildman–Crippen MR) is 158 cm³/mol. The summed E-state index contributed by atoms with van der Waals surface area (Å²) in [6.45, 7) is 13.7. The second-order valence-electron chi connectivity index (χ2n) is 11.6. The molecular formula is C36H51Cl3Ti3. The first-order valence-electron chi connectivity index (χ1n) is 15.3. The number of hydrogen-bond donors (Lipinski definition) is 0. The van der Waals surface area contributed by atoms with Crippen LogP contribution < -0.4 is 37.2 Å². The van der Waals surface area contributed by atoms with Gasteiger partial charge in [-0.15, -0.1) is 0 Å². The molecule has 0 fully saturated rings. The Labute approximate surface area is 322 Å². The van der Waals surface area contributed by atoms with Crippen molar-refractivity contribution in [3.05, 3.63) is 85.0 Å². The van der Waals surface area contributed by atoms with Gasteiger partial charge in [-0.2, -0.15) is 66.8 Å². The van der Waals surface area contributed by atoms with Crippen molar-refractivity contribution in [1.82, 2.24) is 0 Å². The van der Waals surface area contributed by atoms with Crippen LogP contribution in [0.4, 0.5) is 0 Å². The maximum atomic E-state index is 2.43. The zero-order valence-electron chi connectivity index (χ0n) is 27.0. The van der Waals surface area contributed by atoms with E-state index in [0.717, 1.165) is 0 Å². The van der Waals surface area contributed by atoms with Gasteiger partial charge in [-0.1, -0.05) is 138 Å². The second-order valence-corrected chi connectivity index (χ2v) is 11.6. The molecule has 0 bridgehead atoms. The van der Waals surface area contributed by atoms with Crippen LogP contribution in [0.25, 0.3) is 0 Å². The minimum absolute atomic E-state index is 0. The van der Waals surface area contributed by atoms with Gasteiger partial charge in [0.2, 0.25) is 0 Å². The monoisotopic (exact) mass is 732 g/mol. The molecule has 6 heteroatoms. The van der Waals surface area contributed by atoms with Crippen LogP contribution in [0.2, 0.25) is 0 Å². The van der Waals surface area contributed by atoms with Crippen molar-refractivity contribution in [1.29, 1.82) is 0 Å². The van der Waals surface area contributed by atoms with Gasteiger partial charge in [-0.25, -0.2) is 18.2 Å². The molecule has 0 aliphatic heterocycles. The van der Waals surface area contributed by atoms with Gasteiger partial charge in [-0.05, 0) is 0 Å². The number of fused-ring (bicyclic) bond motifs is 3. The maximum Gasteiger partial charge on any atom is 2.00 e. The average Bonchev–Trinajstić information content (AvgIpc) is 3.55. The number of rotatable bonds is 3. The van der Waals surface area contributed by atoms with Gasteiger partial charge in [0.1, 0.15) is 0 Å². The third-order valence-corrected chi connectivity index (χ3v) is 9.52. The topological polar surface area (TPSA) is 0 Å². The molecule has 228 valence electrons. The van der Waals surface area contributed by atoms with E-state index in [4.69, 9.17) is 0 Å². The molecular weight excluding hydrogens is 682 g/mol. The van der Waals surface area contributed by atoms with Gasteiger partial charge in [-0.3, -0.25) is 0 Å². The van der Waals surface area contributed by atoms with E-state index >= 15 is 0 Å². The fourth-order valence-corrected chi connectivity index (χ4v) is 7.19. The third kappa shape index (κ3) is 11.4. The summed E-state index contributed by atoms with van der Waals surface area (Å²) in [7, 11) is 0. The molecule has 0 unspecified atom stereocenters. The molecule has 0 nitrogen and oxygen atoms in total. The van der Waals surface area contributed by atoms with Gasteiger partial charge in [0, 0.05) is 0 Å². The van der Waals surface area contributed by atoms with E-state index in [1.165, 1.54) is 96.3 Å². The summed E-state index contributed by atoms with van der Waals surface area (Å²) in [6, 6.07) is 7.30. The quantitative estimate of drug-likeness (QED) is 0.272. The summed E-state index contributed by atoms with van der Waals surface area (Å²) in [4.78, 5) is 0. The van der Waals surface area contributed by atoms with Crippen molar-refractivity contribution < 1.29 is 102 Å². The standard InChI is InChI=1S/3C12H17.3ClH.3Ti/c3*1-3-10-8-11-6-4-5-7-12(11)9(10)2;;;;;;/h3*8H,3-7H2,1-2H3;3*1H;;;/q3*-1;;;;3*+2/p-3. The Bertz CT molecular complexity index is 1010. The summed E-state index contributed by atoms with van der Waals surface area (Å²) >= 11 is 0. The molecule has 0 amide bonds. The summed E-state index contributed by atoms with van der Waals surface area (Å²) in [5, 5.41) is 0. The Morgan fingerprint density at radius 1 is 0.429 bits per heavy atom. The van der Waals surface area contributed by atoms with Crippen LogP contribution in [-0.4, -0.2) is 0 Å². The van der Waals surface area contributed by atoms with E-state index in [9.17, 15) is 0 Å². The molecule has 0 spiro atoms. The molecule has 3 aliphatic rings. The average molecular weight is 734 g/mol. The minimum atomic E-state index is 0. The summed E-state index contributed by atoms with van der Waals surface area (Å²) < 4.78 is 0. The molecule has 0 N–H and O–H groups in total. The number of hydrogen-bond acceptors (Lipinski definition) is 0. The van der Waals surface area contributed by atoms with Crippen LogP contribution in [-0.2, 0) is 123 Å². The molecule has 0 saturated heterocycles. The van der Waals surface area contributed by atoms with Gasteiger partial charge in [0.05, 0.1) is 0 Å². The predicted octanol–water partition coefficient (Wildman–Crippen LogP) is 0.470. The molecule has 0 aromatic heterocycles. The third-order valence-electron chi connectivity index (χ3n) is 9.52. The first-order valence-corrected chi connectivity index (χ1v) is 15.3. The fraction of sp³-hybridized carbons (Fsp3) is 0.583. The smallest absolute Gasteiger partial charge is 1.00 e. The van der Waals surface area contributed by atoms with E-state index in [2.05, 4.69) is 59.7 Å². The van der Waals surface area contributed by atoms with Crippen molar-refractivity contribution in [2.24, 2.45) is 0 Å². The zero-order chi connectivity index (χ0) is 25.7. The first-order chi connectivity index (χ1) is 17.5. The van der Waals surface area contributed by atoms with Crippen LogP contribution in [0.1, 0.15) is 126 Å². The number of aryl methyl sites for hydroxylation is 6. The van der Waals surface area contributed by atoms with Gasteiger partial charge >= 0.3 is 65.2 Å². The summed E-state index contributed by atoms with van der Waals surface area (Å²) in [6.07, 6.45) is 20.0. The Morgan fingerprint density at radius 2 is 0.643 bits per heavy atom. The summed E-state index contributed by atoms with van der Waals surface area (Å²) in [5.74, 6) is 0. The van der Waals surface area contributed by atoms with Gasteiger partial charge in [0.25, 0.3) is 0 Å². The van der Waals surface area contributed by atoms with Crippen molar-refractivity contribution in [2.75, 3.05) is 0 Å². The largest absolute Gasteiger partial charge is 2.00 e. The Morgan fingerprint density at radius 3 is 0.833 bits per heavy atom. The maximum absolute atomic E-state index is 2.43. The van der Waals surface area contributed by atoms with E-state index in [1.807, 2.05) is 0 Å². The van der Waals surface area contributed by atoms with E-state index in [1.54, 1.807) is 66.8 Å². The minimum Gasteiger partial charge on any atom is -1.00 e. The zero-order valence-corrected chi connectivity index (χ0v) is 33.9. The fourth-order valence-electron chi connectivity index (χ4n) is 7.19. The van der Waals surface area contributed by atoms with Crippen molar-refractivity contribution in [3.63, 3.8) is 0 Å². The van der Waals surface area contributed by atoms with Crippen LogP contribution in [0.5, 0.6) is 0 Å². The van der Waals surface area contributed by atoms with Gasteiger partial charge in [0.15, 0.2) is 0 Å². The van der Waals surface area contributed by atoms with E-state index in [0.29, 0.717) is 0 Å². The SMILES string of the molecule is CCc1cc2c([c-]1C)CCCC2.CCc1cc2c([c-]1C)CCCC2.CCc1cc2c([c-]1C)CCCC2.[Cl-].[Cl-].[Cl-].[Ti+2].[Ti+2].[Ti+2]. The normalized spacial score (nSPS) is 13.9. The number of halogens is 3. The van der Waals surface area contributed by atoms with Crippen LogP contribution in [0.3, 0.4) is 0 Å². The molecule has 0 atom stereocenters. The van der Waals surface area contributed by atoms with Crippen molar-refractivity contribution >= 4 is 0 Å². The summed E-state index contributed by atoms with van der Waals surface area (Å²) in [5.41, 5.74) is 19.5. The Kier molecular flexibility index (Phi) is 26.4. The molecule has 42 heavy (non-hydrogen) atoms. The van der Waals surface area contributed by atoms with Crippen molar-refractivity contribution in [3.8, 4) is 0 Å². The van der Waals surface area contributed by atoms with Crippen LogP contribution >= 0.6 is 0 Å². The molecule has 6 rings (SSSR count). The van der Waals surface area contributed by atoms with Crippen molar-refractivity contribution in [2.45, 2.75) is 138 Å². The molecule has 0 saturated carbocycles. The molecule has 0 radical (unpaired) electrons. The Balaban J connectivity index is -0.000000507. The second kappa shape index (κ2) is 23.4. The van der Waals surface area contributed by atoms with E-state index < -0.39 is 0 Å². The van der Waals surface area contributed by atoms with Crippen LogP contribution in [0, 0.1) is 20.8 Å². The van der Waals surface area contributed by atoms with Gasteiger partial charge < -0.3 is 37.2 Å². The first kappa shape index (κ1) is 47.5. The van der Waals surface area contributed by atoms with Crippen LogP contribution in [0.15, 0.2) is 18.2 Å². The molecule has 3 aliphatic carbocycles. The molecule has 3 aromatic carbocycles. The molecule has 3 aromatic rings. The Hall–Kier alpha value is 1.06. The molecule has 0 heterocycles.